The van der Waals surface area contributed by atoms with Gasteiger partial charge in [-0.1, -0.05) is 0 Å². The first-order valence-electron chi connectivity index (χ1n) is 6.22. The maximum absolute atomic E-state index is 11.9. The summed E-state index contributed by atoms with van der Waals surface area (Å²) in [5.41, 5.74) is 0.785. The zero-order valence-electron chi connectivity index (χ0n) is 11.0. The molecule has 0 spiro atoms. The number of nitrogens with one attached hydrogen (secondary N) is 1. The second-order valence-electron chi connectivity index (χ2n) is 4.32. The molecule has 108 valence electrons. The van der Waals surface area contributed by atoms with Crippen LogP contribution in [0.15, 0.2) is 42.7 Å². The Labute approximate surface area is 120 Å². The van der Waals surface area contributed by atoms with Gasteiger partial charge in [0.05, 0.1) is 4.92 Å². The maximum Gasteiger partial charge on any atom is 0.310 e. The lowest BCUT2D eigenvalue weighted by atomic mass is 10.1. The summed E-state index contributed by atoms with van der Waals surface area (Å²) in [6.07, 6.45) is 3.99. The minimum absolute atomic E-state index is 0.174. The van der Waals surface area contributed by atoms with E-state index in [1.54, 1.807) is 12.4 Å². The Balaban J connectivity index is 1.94. The predicted molar refractivity (Wildman–Crippen MR) is 75.0 cm³/mol. The number of benzene rings is 1. The van der Waals surface area contributed by atoms with Gasteiger partial charge in [-0.3, -0.25) is 19.9 Å². The molecule has 0 aliphatic heterocycles. The highest BCUT2D eigenvalue weighted by Gasteiger charge is 2.15. The predicted octanol–water partition coefficient (Wildman–Crippen LogP) is 1.67. The van der Waals surface area contributed by atoms with Gasteiger partial charge in [-0.25, -0.2) is 0 Å². The van der Waals surface area contributed by atoms with E-state index in [1.807, 2.05) is 12.1 Å². The van der Waals surface area contributed by atoms with Crippen molar-refractivity contribution in [3.63, 3.8) is 0 Å². The second-order valence-corrected chi connectivity index (χ2v) is 4.32. The summed E-state index contributed by atoms with van der Waals surface area (Å²) < 4.78 is 0. The van der Waals surface area contributed by atoms with E-state index in [9.17, 15) is 20.0 Å². The molecule has 2 rings (SSSR count). The number of aromatic nitrogens is 1. The zero-order chi connectivity index (χ0) is 15.2. The number of nitro groups is 1. The van der Waals surface area contributed by atoms with Gasteiger partial charge in [-0.2, -0.15) is 0 Å². The summed E-state index contributed by atoms with van der Waals surface area (Å²) >= 11 is 0. The normalized spacial score (nSPS) is 10.1. The molecule has 0 aliphatic carbocycles. The van der Waals surface area contributed by atoms with Gasteiger partial charge in [0.25, 0.3) is 5.91 Å². The van der Waals surface area contributed by atoms with E-state index in [0.717, 1.165) is 17.7 Å². The van der Waals surface area contributed by atoms with E-state index in [1.165, 1.54) is 6.07 Å². The Morgan fingerprint density at radius 2 is 2.00 bits per heavy atom. The monoisotopic (exact) mass is 287 g/mol. The summed E-state index contributed by atoms with van der Waals surface area (Å²) in [6, 6.07) is 7.19. The Morgan fingerprint density at radius 1 is 1.29 bits per heavy atom. The number of carbonyl (C=O) groups excluding carboxylic acids is 1. The van der Waals surface area contributed by atoms with Gasteiger partial charge in [0.15, 0.2) is 5.75 Å². The summed E-state index contributed by atoms with van der Waals surface area (Å²) in [5, 5.41) is 22.7. The molecule has 0 saturated heterocycles. The summed E-state index contributed by atoms with van der Waals surface area (Å²) in [4.78, 5) is 25.6. The molecule has 0 radical (unpaired) electrons. The zero-order valence-corrected chi connectivity index (χ0v) is 11.0. The van der Waals surface area contributed by atoms with Crippen molar-refractivity contribution in [3.8, 4) is 5.75 Å². The fraction of sp³-hybridized carbons (Fsp3) is 0.143. The number of pyridine rings is 1. The fourth-order valence-corrected chi connectivity index (χ4v) is 1.79. The summed E-state index contributed by atoms with van der Waals surface area (Å²) in [5.74, 6) is -0.920. The molecule has 0 saturated carbocycles. The van der Waals surface area contributed by atoms with E-state index in [2.05, 4.69) is 10.3 Å². The van der Waals surface area contributed by atoms with Crippen LogP contribution in [-0.2, 0) is 6.42 Å². The lowest BCUT2D eigenvalue weighted by Crippen LogP contribution is -2.25. The lowest BCUT2D eigenvalue weighted by Gasteiger charge is -2.06. The molecule has 7 nitrogen and oxygen atoms in total. The summed E-state index contributed by atoms with van der Waals surface area (Å²) in [6.45, 7) is 0.417. The van der Waals surface area contributed by atoms with Gasteiger partial charge in [-0.05, 0) is 36.2 Å². The molecule has 2 N–H and O–H groups in total. The first-order chi connectivity index (χ1) is 10.1. The average Bonchev–Trinajstić information content (AvgIpc) is 2.47. The molecule has 2 aromatic rings. The molecular weight excluding hydrogens is 274 g/mol. The van der Waals surface area contributed by atoms with Crippen molar-refractivity contribution in [2.45, 2.75) is 6.42 Å². The minimum Gasteiger partial charge on any atom is -0.502 e. The Kier molecular flexibility index (Phi) is 4.45. The molecule has 0 unspecified atom stereocenters. The van der Waals surface area contributed by atoms with Crippen LogP contribution < -0.4 is 5.32 Å². The van der Waals surface area contributed by atoms with Gasteiger partial charge in [0, 0.05) is 30.6 Å². The van der Waals surface area contributed by atoms with E-state index in [4.69, 9.17) is 0 Å². The van der Waals surface area contributed by atoms with Crippen LogP contribution in [0, 0.1) is 10.1 Å². The van der Waals surface area contributed by atoms with Gasteiger partial charge in [0.1, 0.15) is 0 Å². The van der Waals surface area contributed by atoms with Gasteiger partial charge >= 0.3 is 5.69 Å². The summed E-state index contributed by atoms with van der Waals surface area (Å²) in [7, 11) is 0. The van der Waals surface area contributed by atoms with E-state index in [0.29, 0.717) is 13.0 Å². The van der Waals surface area contributed by atoms with Crippen LogP contribution in [-0.4, -0.2) is 27.5 Å². The van der Waals surface area contributed by atoms with E-state index in [-0.39, 0.29) is 5.56 Å². The SMILES string of the molecule is O=C(NCCc1ccncc1)c1ccc([N+](=O)[O-])c(O)c1. The van der Waals surface area contributed by atoms with Crippen molar-refractivity contribution in [2.24, 2.45) is 0 Å². The molecule has 0 fully saturated rings. The third-order valence-corrected chi connectivity index (χ3v) is 2.88. The third kappa shape index (κ3) is 3.75. The molecule has 0 aliphatic rings. The lowest BCUT2D eigenvalue weighted by molar-refractivity contribution is -0.385. The number of phenols is 1. The topological polar surface area (TPSA) is 105 Å². The molecule has 1 aromatic heterocycles. The van der Waals surface area contributed by atoms with Crippen LogP contribution in [0.5, 0.6) is 5.75 Å². The van der Waals surface area contributed by atoms with E-state index < -0.39 is 22.3 Å². The number of aromatic hydroxyl groups is 1. The van der Waals surface area contributed by atoms with Gasteiger partial charge in [-0.15, -0.1) is 0 Å². The first-order valence-corrected chi connectivity index (χ1v) is 6.22. The van der Waals surface area contributed by atoms with Crippen molar-refractivity contribution in [2.75, 3.05) is 6.54 Å². The molecule has 1 amide bonds. The van der Waals surface area contributed by atoms with Crippen LogP contribution in [0.3, 0.4) is 0 Å². The van der Waals surface area contributed by atoms with Gasteiger partial charge in [0.2, 0.25) is 0 Å². The van der Waals surface area contributed by atoms with Crippen LogP contribution in [0.2, 0.25) is 0 Å². The molecular formula is C14H13N3O4. The second kappa shape index (κ2) is 6.47. The molecule has 0 atom stereocenters. The van der Waals surface area contributed by atoms with Crippen LogP contribution >= 0.6 is 0 Å². The number of nitro benzene ring substituents is 1. The quantitative estimate of drug-likeness (QED) is 0.642. The van der Waals surface area contributed by atoms with Crippen LogP contribution in [0.4, 0.5) is 5.69 Å². The van der Waals surface area contributed by atoms with Crippen LogP contribution in [0.25, 0.3) is 0 Å². The largest absolute Gasteiger partial charge is 0.502 e. The Morgan fingerprint density at radius 3 is 2.62 bits per heavy atom. The number of hydrogen-bond donors (Lipinski definition) is 2. The average molecular weight is 287 g/mol. The minimum atomic E-state index is -0.708. The van der Waals surface area contributed by atoms with Crippen molar-refractivity contribution in [1.29, 1.82) is 0 Å². The number of carbonyl (C=O) groups is 1. The number of nitrogens with zero attached hydrogens (tertiary/aromatic N) is 2. The number of hydrogen-bond acceptors (Lipinski definition) is 5. The third-order valence-electron chi connectivity index (χ3n) is 2.88. The van der Waals surface area contributed by atoms with Gasteiger partial charge < -0.3 is 10.4 Å². The number of amides is 1. The van der Waals surface area contributed by atoms with Crippen molar-refractivity contribution < 1.29 is 14.8 Å². The molecule has 21 heavy (non-hydrogen) atoms. The molecule has 7 heteroatoms. The van der Waals surface area contributed by atoms with Crippen molar-refractivity contribution in [3.05, 3.63) is 64.0 Å². The Hall–Kier alpha value is -2.96. The molecule has 0 bridgehead atoms. The smallest absolute Gasteiger partial charge is 0.310 e. The van der Waals surface area contributed by atoms with Crippen LogP contribution in [0.1, 0.15) is 15.9 Å². The standard InChI is InChI=1S/C14H13N3O4/c18-13-9-11(1-2-12(13)17(20)21)14(19)16-8-5-10-3-6-15-7-4-10/h1-4,6-7,9,18H,5,8H2,(H,16,19). The highest BCUT2D eigenvalue weighted by molar-refractivity contribution is 5.95. The number of rotatable bonds is 5. The number of phenolic OH excluding ortho intramolecular Hbond substituents is 1. The highest BCUT2D eigenvalue weighted by atomic mass is 16.6. The van der Waals surface area contributed by atoms with Crippen molar-refractivity contribution in [1.82, 2.24) is 10.3 Å². The maximum atomic E-state index is 11.9. The first kappa shape index (κ1) is 14.4. The molecule has 1 heterocycles. The van der Waals surface area contributed by atoms with E-state index >= 15 is 0 Å². The Bertz CT molecular complexity index is 659. The molecule has 1 aromatic carbocycles. The fourth-order valence-electron chi connectivity index (χ4n) is 1.79. The highest BCUT2D eigenvalue weighted by Crippen LogP contribution is 2.26. The van der Waals surface area contributed by atoms with Crippen molar-refractivity contribution >= 4 is 11.6 Å².